The third-order valence-corrected chi connectivity index (χ3v) is 3.99. The van der Waals surface area contributed by atoms with E-state index in [0.29, 0.717) is 28.3 Å². The summed E-state index contributed by atoms with van der Waals surface area (Å²) in [6.45, 7) is 6.68. The molecule has 1 aliphatic rings. The molecule has 1 saturated heterocycles. The topological polar surface area (TPSA) is 59.4 Å². The van der Waals surface area contributed by atoms with Crippen molar-refractivity contribution in [3.8, 4) is 0 Å². The number of fused-ring (bicyclic) bond motifs is 1. The van der Waals surface area contributed by atoms with Gasteiger partial charge in [-0.15, -0.1) is 0 Å². The van der Waals surface area contributed by atoms with Gasteiger partial charge in [0.15, 0.2) is 5.82 Å². The molecule has 3 atom stereocenters. The normalized spacial score (nSPS) is 26.1. The second-order valence-corrected chi connectivity index (χ2v) is 6.20. The molecule has 2 heterocycles. The zero-order valence-corrected chi connectivity index (χ0v) is 12.9. The van der Waals surface area contributed by atoms with Gasteiger partial charge in [0.1, 0.15) is 31.8 Å². The molecule has 1 unspecified atom stereocenters. The lowest BCUT2D eigenvalue weighted by Gasteiger charge is -2.32. The van der Waals surface area contributed by atoms with Gasteiger partial charge in [-0.05, 0) is 32.0 Å². The first-order valence-corrected chi connectivity index (χ1v) is 7.56. The van der Waals surface area contributed by atoms with Gasteiger partial charge >= 0.3 is 0 Å². The number of halogens is 1. The third-order valence-electron chi connectivity index (χ3n) is 3.75. The predicted octanol–water partition coefficient (Wildman–Crippen LogP) is 0.769. The second-order valence-electron chi connectivity index (χ2n) is 5.77. The molecule has 1 aliphatic heterocycles. The number of hydrogen-bond acceptors (Lipinski definition) is 3. The van der Waals surface area contributed by atoms with Crippen molar-refractivity contribution < 1.29 is 9.64 Å². The maximum atomic E-state index is 12.1. The Morgan fingerprint density at radius 3 is 2.81 bits per heavy atom. The molecule has 6 heteroatoms. The molecule has 5 nitrogen and oxygen atoms in total. The lowest BCUT2D eigenvalue weighted by atomic mass is 10.2. The van der Waals surface area contributed by atoms with Crippen LogP contribution in [0.15, 0.2) is 23.0 Å². The minimum Gasteiger partial charge on any atom is -0.364 e. The van der Waals surface area contributed by atoms with Crippen LogP contribution >= 0.6 is 11.6 Å². The number of aromatic amines is 1. The number of benzene rings is 1. The fourth-order valence-electron chi connectivity index (χ4n) is 3.02. The van der Waals surface area contributed by atoms with Gasteiger partial charge in [0.05, 0.1) is 10.9 Å². The largest absolute Gasteiger partial charge is 0.364 e. The summed E-state index contributed by atoms with van der Waals surface area (Å²) < 4.78 is 5.73. The smallest absolute Gasteiger partial charge is 0.258 e. The fourth-order valence-corrected chi connectivity index (χ4v) is 3.18. The second kappa shape index (κ2) is 5.75. The highest BCUT2D eigenvalue weighted by Gasteiger charge is 2.26. The van der Waals surface area contributed by atoms with Crippen molar-refractivity contribution in [1.82, 2.24) is 9.97 Å². The van der Waals surface area contributed by atoms with E-state index in [4.69, 9.17) is 16.3 Å². The average molecular weight is 309 g/mol. The van der Waals surface area contributed by atoms with Gasteiger partial charge in [-0.1, -0.05) is 11.6 Å². The van der Waals surface area contributed by atoms with Crippen LogP contribution in [0.25, 0.3) is 10.9 Å². The van der Waals surface area contributed by atoms with E-state index in [2.05, 4.69) is 23.8 Å². The molecule has 0 bridgehead atoms. The lowest BCUT2D eigenvalue weighted by Crippen LogP contribution is -3.14. The number of nitrogens with one attached hydrogen (secondary N) is 2. The maximum absolute atomic E-state index is 12.1. The number of morpholine rings is 1. The van der Waals surface area contributed by atoms with Crippen molar-refractivity contribution in [3.63, 3.8) is 0 Å². The Hall–Kier alpha value is -1.43. The Morgan fingerprint density at radius 1 is 1.38 bits per heavy atom. The molecule has 21 heavy (non-hydrogen) atoms. The Bertz CT molecular complexity index is 706. The first-order valence-electron chi connectivity index (χ1n) is 7.19. The van der Waals surface area contributed by atoms with Crippen molar-refractivity contribution in [3.05, 3.63) is 39.4 Å². The van der Waals surface area contributed by atoms with Crippen LogP contribution in [0.4, 0.5) is 0 Å². The van der Waals surface area contributed by atoms with Crippen LogP contribution in [0.1, 0.15) is 19.7 Å². The summed E-state index contributed by atoms with van der Waals surface area (Å²) in [6, 6.07) is 5.14. The number of rotatable bonds is 2. The van der Waals surface area contributed by atoms with Crippen molar-refractivity contribution in [2.45, 2.75) is 32.6 Å². The molecule has 1 aromatic carbocycles. The maximum Gasteiger partial charge on any atom is 0.258 e. The summed E-state index contributed by atoms with van der Waals surface area (Å²) in [5, 5.41) is 1.16. The third kappa shape index (κ3) is 3.26. The van der Waals surface area contributed by atoms with Crippen LogP contribution in [0.3, 0.4) is 0 Å². The Balaban J connectivity index is 1.89. The monoisotopic (exact) mass is 308 g/mol. The first kappa shape index (κ1) is 14.5. The fraction of sp³-hybridized carbons (Fsp3) is 0.467. The molecule has 1 aromatic heterocycles. The highest BCUT2D eigenvalue weighted by Crippen LogP contribution is 2.14. The minimum absolute atomic E-state index is 0.111. The Morgan fingerprint density at radius 2 is 2.10 bits per heavy atom. The van der Waals surface area contributed by atoms with Crippen LogP contribution in [-0.4, -0.2) is 35.3 Å². The standard InChI is InChI=1S/C15H18ClN3O2/c1-9-6-19(7-10(2)21-9)8-14-17-13-5-11(16)3-4-12(13)15(20)18-14/h3-5,9-10H,6-8H2,1-2H3,(H,17,18,20)/p+1/t9-,10+. The molecule has 2 N–H and O–H groups in total. The molecule has 112 valence electrons. The van der Waals surface area contributed by atoms with Gasteiger partial charge in [-0.3, -0.25) is 4.79 Å². The number of aromatic nitrogens is 2. The van der Waals surface area contributed by atoms with Crippen molar-refractivity contribution >= 4 is 22.5 Å². The van der Waals surface area contributed by atoms with E-state index in [9.17, 15) is 4.79 Å². The quantitative estimate of drug-likeness (QED) is 0.861. The lowest BCUT2D eigenvalue weighted by molar-refractivity contribution is -0.928. The predicted molar refractivity (Wildman–Crippen MR) is 81.8 cm³/mol. The molecule has 0 radical (unpaired) electrons. The number of nitrogens with zero attached hydrogens (tertiary/aromatic N) is 1. The number of quaternary nitrogens is 1. The van der Waals surface area contributed by atoms with Crippen LogP contribution in [0.5, 0.6) is 0 Å². The highest BCUT2D eigenvalue weighted by atomic mass is 35.5. The molecule has 0 spiro atoms. The van der Waals surface area contributed by atoms with E-state index >= 15 is 0 Å². The molecule has 0 amide bonds. The summed E-state index contributed by atoms with van der Waals surface area (Å²) >= 11 is 5.98. The number of hydrogen-bond donors (Lipinski definition) is 2. The molecular weight excluding hydrogens is 290 g/mol. The van der Waals surface area contributed by atoms with E-state index in [1.54, 1.807) is 18.2 Å². The molecule has 0 aliphatic carbocycles. The van der Waals surface area contributed by atoms with E-state index in [1.165, 1.54) is 4.90 Å². The minimum atomic E-state index is -0.111. The molecule has 1 fully saturated rings. The van der Waals surface area contributed by atoms with Gasteiger partial charge in [-0.2, -0.15) is 0 Å². The van der Waals surface area contributed by atoms with Gasteiger partial charge in [0, 0.05) is 5.02 Å². The summed E-state index contributed by atoms with van der Waals surface area (Å²) in [4.78, 5) is 20.9. The van der Waals surface area contributed by atoms with E-state index in [0.717, 1.165) is 13.1 Å². The van der Waals surface area contributed by atoms with Gasteiger partial charge in [-0.25, -0.2) is 4.98 Å². The Kier molecular flexibility index (Phi) is 3.97. The summed E-state index contributed by atoms with van der Waals surface area (Å²) in [5.41, 5.74) is 0.537. The molecule has 0 saturated carbocycles. The average Bonchev–Trinajstić information content (AvgIpc) is 2.36. The first-order chi connectivity index (χ1) is 10.0. The zero-order chi connectivity index (χ0) is 15.0. The van der Waals surface area contributed by atoms with Crippen LogP contribution < -0.4 is 10.5 Å². The van der Waals surface area contributed by atoms with Gasteiger partial charge < -0.3 is 14.6 Å². The van der Waals surface area contributed by atoms with Crippen LogP contribution in [0.2, 0.25) is 5.02 Å². The van der Waals surface area contributed by atoms with Crippen molar-refractivity contribution in [2.24, 2.45) is 0 Å². The SMILES string of the molecule is C[C@@H]1C[NH+](Cc2nc3cc(Cl)ccc3c(=O)[nH]2)C[C@H](C)O1. The Labute approximate surface area is 127 Å². The van der Waals surface area contributed by atoms with E-state index < -0.39 is 0 Å². The summed E-state index contributed by atoms with van der Waals surface area (Å²) in [7, 11) is 0. The zero-order valence-electron chi connectivity index (χ0n) is 12.1. The summed E-state index contributed by atoms with van der Waals surface area (Å²) in [6.07, 6.45) is 0.454. The highest BCUT2D eigenvalue weighted by molar-refractivity contribution is 6.31. The molecule has 2 aromatic rings. The summed E-state index contributed by atoms with van der Waals surface area (Å²) in [5.74, 6) is 0.700. The van der Waals surface area contributed by atoms with E-state index in [1.807, 2.05) is 0 Å². The van der Waals surface area contributed by atoms with Gasteiger partial charge in [0.2, 0.25) is 0 Å². The van der Waals surface area contributed by atoms with E-state index in [-0.39, 0.29) is 17.8 Å². The molecular formula is C15H19ClN3O2+. The van der Waals surface area contributed by atoms with Crippen molar-refractivity contribution in [2.75, 3.05) is 13.1 Å². The molecule has 3 rings (SSSR count). The van der Waals surface area contributed by atoms with Crippen molar-refractivity contribution in [1.29, 1.82) is 0 Å². The van der Waals surface area contributed by atoms with Gasteiger partial charge in [0.25, 0.3) is 5.56 Å². The van der Waals surface area contributed by atoms with Crippen LogP contribution in [0, 0.1) is 0 Å². The van der Waals surface area contributed by atoms with Crippen LogP contribution in [-0.2, 0) is 11.3 Å². The number of H-pyrrole nitrogens is 1. The number of ether oxygens (including phenoxy) is 1.